The molecule has 0 aromatic carbocycles. The van der Waals surface area contributed by atoms with Crippen molar-refractivity contribution in [2.45, 2.75) is 13.0 Å². The summed E-state index contributed by atoms with van der Waals surface area (Å²) in [5.41, 5.74) is 6.64. The zero-order valence-corrected chi connectivity index (χ0v) is 18.4. The number of hydrogen-bond donors (Lipinski definition) is 2. The molecule has 32 heavy (non-hydrogen) atoms. The number of sulfonamides is 1. The number of hydrogen-bond acceptors (Lipinski definition) is 9. The number of nitrogen functional groups attached to an aromatic ring is 1. The Morgan fingerprint density at radius 2 is 1.94 bits per heavy atom. The normalized spacial score (nSPS) is 16.2. The molecule has 1 unspecified atom stereocenters. The topological polar surface area (TPSA) is 152 Å². The van der Waals surface area contributed by atoms with Crippen LogP contribution < -0.4 is 16.0 Å². The Hall–Kier alpha value is -3.32. The zero-order valence-electron chi connectivity index (χ0n) is 17.6. The van der Waals surface area contributed by atoms with Crippen molar-refractivity contribution in [3.05, 3.63) is 37.1 Å². The second kappa shape index (κ2) is 9.04. The van der Waals surface area contributed by atoms with Crippen LogP contribution in [-0.4, -0.2) is 81.6 Å². The Kier molecular flexibility index (Phi) is 6.19. The van der Waals surface area contributed by atoms with Gasteiger partial charge in [0.15, 0.2) is 11.5 Å². The van der Waals surface area contributed by atoms with Gasteiger partial charge >= 0.3 is 0 Å². The predicted molar refractivity (Wildman–Crippen MR) is 119 cm³/mol. The fraction of sp³-hybridized carbons (Fsp3) is 0.421. The average molecular weight is 460 g/mol. The van der Waals surface area contributed by atoms with Gasteiger partial charge in [-0.05, 0) is 19.1 Å². The number of imidazole rings is 1. The fourth-order valence-electron chi connectivity index (χ4n) is 3.60. The number of nitrogens with one attached hydrogen (secondary N) is 1. The van der Waals surface area contributed by atoms with Crippen LogP contribution in [0.2, 0.25) is 0 Å². The van der Waals surface area contributed by atoms with Crippen molar-refractivity contribution in [3.8, 4) is 0 Å². The van der Waals surface area contributed by atoms with Crippen LogP contribution in [0.15, 0.2) is 37.1 Å². The number of nitrogens with two attached hydrogens (primary N) is 1. The predicted octanol–water partition coefficient (Wildman–Crippen LogP) is -0.367. The van der Waals surface area contributed by atoms with E-state index in [4.69, 9.17) is 5.73 Å². The Morgan fingerprint density at radius 3 is 2.66 bits per heavy atom. The Bertz CT molecular complexity index is 1190. The molecule has 1 aliphatic rings. The smallest absolute Gasteiger partial charge is 0.242 e. The summed E-state index contributed by atoms with van der Waals surface area (Å²) in [5.74, 6) is 0.562. The third-order valence-corrected chi connectivity index (χ3v) is 7.32. The molecule has 3 N–H and O–H groups in total. The number of anilines is 2. The van der Waals surface area contributed by atoms with Gasteiger partial charge in [-0.2, -0.15) is 4.31 Å². The number of carbonyl (C=O) groups is 1. The van der Waals surface area contributed by atoms with Gasteiger partial charge in [-0.25, -0.2) is 28.4 Å². The molecule has 3 aromatic rings. The molecule has 0 saturated carbocycles. The zero-order chi connectivity index (χ0) is 22.7. The summed E-state index contributed by atoms with van der Waals surface area (Å²) in [5, 5.41) is 2.69. The van der Waals surface area contributed by atoms with E-state index >= 15 is 0 Å². The summed E-state index contributed by atoms with van der Waals surface area (Å²) in [6, 6.07) is 5.02. The number of piperazine rings is 1. The van der Waals surface area contributed by atoms with Crippen molar-refractivity contribution in [2.75, 3.05) is 49.1 Å². The Morgan fingerprint density at radius 1 is 1.16 bits per heavy atom. The number of nitrogens with zero attached hydrogens (tertiary/aromatic N) is 7. The lowest BCUT2D eigenvalue weighted by Gasteiger charge is -2.34. The molecule has 1 atom stereocenters. The molecule has 12 nitrogen and oxygen atoms in total. The van der Waals surface area contributed by atoms with Gasteiger partial charge in [0.25, 0.3) is 0 Å². The van der Waals surface area contributed by atoms with Crippen molar-refractivity contribution >= 4 is 38.7 Å². The van der Waals surface area contributed by atoms with E-state index in [-0.39, 0.29) is 24.0 Å². The first-order valence-corrected chi connectivity index (χ1v) is 11.8. The van der Waals surface area contributed by atoms with Crippen LogP contribution in [0, 0.1) is 0 Å². The maximum Gasteiger partial charge on any atom is 0.242 e. The maximum atomic E-state index is 12.7. The summed E-state index contributed by atoms with van der Waals surface area (Å²) in [6.45, 7) is 3.59. The first kappa shape index (κ1) is 21.9. The van der Waals surface area contributed by atoms with Gasteiger partial charge in [0.2, 0.25) is 15.9 Å². The van der Waals surface area contributed by atoms with E-state index in [2.05, 4.69) is 30.2 Å². The second-order valence-corrected chi connectivity index (χ2v) is 9.53. The highest BCUT2D eigenvalue weighted by atomic mass is 32.2. The number of pyridine rings is 1. The monoisotopic (exact) mass is 459 g/mol. The minimum Gasteiger partial charge on any atom is -0.382 e. The summed E-state index contributed by atoms with van der Waals surface area (Å²) >= 11 is 0. The molecule has 1 saturated heterocycles. The number of fused-ring (bicyclic) bond motifs is 1. The maximum absolute atomic E-state index is 12.7. The van der Waals surface area contributed by atoms with Crippen LogP contribution in [0.5, 0.6) is 0 Å². The average Bonchev–Trinajstić information content (AvgIpc) is 3.24. The quantitative estimate of drug-likeness (QED) is 0.482. The molecule has 4 heterocycles. The van der Waals surface area contributed by atoms with Gasteiger partial charge in [-0.1, -0.05) is 6.07 Å². The molecule has 0 aliphatic carbocycles. The highest BCUT2D eigenvalue weighted by molar-refractivity contribution is 7.89. The molecule has 0 radical (unpaired) electrons. The molecule has 1 aliphatic heterocycles. The van der Waals surface area contributed by atoms with Crippen LogP contribution in [-0.2, 0) is 14.8 Å². The van der Waals surface area contributed by atoms with E-state index < -0.39 is 16.1 Å². The van der Waals surface area contributed by atoms with Crippen molar-refractivity contribution in [2.24, 2.45) is 0 Å². The third kappa shape index (κ3) is 4.48. The van der Waals surface area contributed by atoms with Gasteiger partial charge in [0.05, 0.1) is 12.1 Å². The van der Waals surface area contributed by atoms with E-state index in [0.717, 1.165) is 5.82 Å². The summed E-state index contributed by atoms with van der Waals surface area (Å²) in [7, 11) is -3.49. The van der Waals surface area contributed by atoms with Crippen LogP contribution in [0.25, 0.3) is 11.2 Å². The van der Waals surface area contributed by atoms with Crippen molar-refractivity contribution < 1.29 is 13.2 Å². The standard InChI is InChI=1S/C19H25N9O3S/c1-14(28-13-25-16-17(20)23-12-24-18(16)28)19(29)22-6-11-32(30,31)27-9-7-26(8-10-27)15-4-2-3-5-21-15/h2-5,12-14H,6-11H2,1H3,(H,22,29)(H2,20,23,24). The number of carbonyl (C=O) groups excluding carboxylic acids is 1. The molecule has 1 fully saturated rings. The largest absolute Gasteiger partial charge is 0.382 e. The van der Waals surface area contributed by atoms with E-state index in [1.54, 1.807) is 17.7 Å². The van der Waals surface area contributed by atoms with Crippen LogP contribution >= 0.6 is 0 Å². The van der Waals surface area contributed by atoms with Gasteiger partial charge in [-0.15, -0.1) is 0 Å². The number of rotatable bonds is 7. The van der Waals surface area contributed by atoms with Crippen molar-refractivity contribution in [3.63, 3.8) is 0 Å². The van der Waals surface area contributed by atoms with Crippen molar-refractivity contribution in [1.82, 2.24) is 34.1 Å². The van der Waals surface area contributed by atoms with Crippen LogP contribution in [0.4, 0.5) is 11.6 Å². The van der Waals surface area contributed by atoms with Gasteiger partial charge in [0, 0.05) is 38.9 Å². The van der Waals surface area contributed by atoms with E-state index in [0.29, 0.717) is 37.3 Å². The van der Waals surface area contributed by atoms with Crippen LogP contribution in [0.3, 0.4) is 0 Å². The molecule has 1 amide bonds. The molecule has 13 heteroatoms. The number of aromatic nitrogens is 5. The SMILES string of the molecule is CC(C(=O)NCCS(=O)(=O)N1CCN(c2ccccn2)CC1)n1cnc2c(N)ncnc21. The molecule has 0 bridgehead atoms. The highest BCUT2D eigenvalue weighted by Gasteiger charge is 2.27. The minimum absolute atomic E-state index is 0.00964. The third-order valence-electron chi connectivity index (χ3n) is 5.45. The van der Waals surface area contributed by atoms with E-state index in [1.807, 2.05) is 18.2 Å². The van der Waals surface area contributed by atoms with Crippen molar-refractivity contribution in [1.29, 1.82) is 0 Å². The highest BCUT2D eigenvalue weighted by Crippen LogP contribution is 2.19. The second-order valence-electron chi connectivity index (χ2n) is 7.44. The Labute approximate surface area is 185 Å². The first-order valence-electron chi connectivity index (χ1n) is 10.2. The number of amides is 1. The lowest BCUT2D eigenvalue weighted by Crippen LogP contribution is -2.50. The van der Waals surface area contributed by atoms with Gasteiger partial charge < -0.3 is 20.5 Å². The lowest BCUT2D eigenvalue weighted by atomic mass is 10.3. The van der Waals surface area contributed by atoms with E-state index in [1.165, 1.54) is 17.0 Å². The van der Waals surface area contributed by atoms with Gasteiger partial charge in [0.1, 0.15) is 23.7 Å². The fourth-order valence-corrected chi connectivity index (χ4v) is 4.93. The summed E-state index contributed by atoms with van der Waals surface area (Å²) < 4.78 is 28.5. The molecule has 4 rings (SSSR count). The molecular formula is C19H25N9O3S. The summed E-state index contributed by atoms with van der Waals surface area (Å²) in [4.78, 5) is 31.1. The lowest BCUT2D eigenvalue weighted by molar-refractivity contribution is -0.123. The van der Waals surface area contributed by atoms with Crippen LogP contribution in [0.1, 0.15) is 13.0 Å². The van der Waals surface area contributed by atoms with Gasteiger partial charge in [-0.3, -0.25) is 4.79 Å². The Balaban J connectivity index is 1.29. The van der Waals surface area contributed by atoms with E-state index in [9.17, 15) is 13.2 Å². The molecule has 0 spiro atoms. The summed E-state index contributed by atoms with van der Waals surface area (Å²) in [6.07, 6.45) is 4.50. The molecule has 3 aromatic heterocycles. The molecule has 170 valence electrons. The minimum atomic E-state index is -3.49. The first-order chi connectivity index (χ1) is 15.4. The molecular weight excluding hydrogens is 434 g/mol.